The van der Waals surface area contributed by atoms with Crippen molar-refractivity contribution in [1.82, 2.24) is 14.3 Å². The van der Waals surface area contributed by atoms with Gasteiger partial charge in [-0.15, -0.1) is 0 Å². The van der Waals surface area contributed by atoms with Crippen molar-refractivity contribution >= 4 is 44.1 Å². The minimum atomic E-state index is -3.18. The lowest BCUT2D eigenvalue weighted by molar-refractivity contribution is 0.304. The molecule has 4 N–H and O–H groups in total. The average molecular weight is 454 g/mol. The molecule has 7 nitrogen and oxygen atoms in total. The quantitative estimate of drug-likeness (QED) is 0.503. The average Bonchev–Trinajstić information content (AvgIpc) is 3.25. The number of anilines is 3. The Morgan fingerprint density at radius 1 is 1.22 bits per heavy atom. The fourth-order valence-electron chi connectivity index (χ4n) is 4.18. The second kappa shape index (κ2) is 8.96. The van der Waals surface area contributed by atoms with E-state index >= 15 is 0 Å². The highest BCUT2D eigenvalue weighted by Crippen LogP contribution is 2.32. The second-order valence-corrected chi connectivity index (χ2v) is 11.2. The number of H-pyrrole nitrogens is 1. The molecule has 3 heterocycles. The summed E-state index contributed by atoms with van der Waals surface area (Å²) < 4.78 is 26.4. The van der Waals surface area contributed by atoms with Crippen LogP contribution in [0, 0.1) is 12.8 Å². The van der Waals surface area contributed by atoms with Gasteiger partial charge in [-0.2, -0.15) is 0 Å². The molecule has 0 saturated carbocycles. The van der Waals surface area contributed by atoms with Gasteiger partial charge in [0.15, 0.2) is 0 Å². The van der Waals surface area contributed by atoms with E-state index in [2.05, 4.69) is 40.4 Å². The number of allylic oxidation sites excluding steroid dienone is 1. The number of aromatic nitrogens is 2. The summed E-state index contributed by atoms with van der Waals surface area (Å²) in [7, 11) is -3.18. The molecule has 1 aliphatic heterocycles. The number of aromatic amines is 1. The normalized spacial score (nSPS) is 16.4. The van der Waals surface area contributed by atoms with E-state index in [4.69, 9.17) is 5.73 Å². The van der Waals surface area contributed by atoms with E-state index in [1.807, 2.05) is 18.3 Å². The molecule has 1 aliphatic rings. The molecule has 0 radical (unpaired) electrons. The molecule has 32 heavy (non-hydrogen) atoms. The van der Waals surface area contributed by atoms with Gasteiger partial charge in [-0.25, -0.2) is 12.7 Å². The number of nitrogens with two attached hydrogens (primary N) is 1. The maximum atomic E-state index is 12.4. The summed E-state index contributed by atoms with van der Waals surface area (Å²) in [4.78, 5) is 7.50. The van der Waals surface area contributed by atoms with Crippen LogP contribution in [0.15, 0.2) is 42.9 Å². The minimum Gasteiger partial charge on any atom is -0.396 e. The summed E-state index contributed by atoms with van der Waals surface area (Å²) in [6.45, 7) is 6.68. The zero-order chi connectivity index (χ0) is 22.9. The van der Waals surface area contributed by atoms with E-state index in [1.165, 1.54) is 5.39 Å². The Kier molecular flexibility index (Phi) is 6.26. The topological polar surface area (TPSA) is 104 Å². The van der Waals surface area contributed by atoms with E-state index in [1.54, 1.807) is 30.5 Å². The van der Waals surface area contributed by atoms with E-state index in [-0.39, 0.29) is 5.25 Å². The van der Waals surface area contributed by atoms with E-state index in [0.29, 0.717) is 24.7 Å². The summed E-state index contributed by atoms with van der Waals surface area (Å²) in [6, 6.07) is 6.17. The highest BCUT2D eigenvalue weighted by atomic mass is 32.2. The van der Waals surface area contributed by atoms with Gasteiger partial charge < -0.3 is 16.0 Å². The van der Waals surface area contributed by atoms with Crippen molar-refractivity contribution in [2.75, 3.05) is 24.1 Å². The molecule has 170 valence electrons. The van der Waals surface area contributed by atoms with Crippen molar-refractivity contribution in [1.29, 1.82) is 0 Å². The first-order valence-electron chi connectivity index (χ1n) is 11.0. The Morgan fingerprint density at radius 3 is 2.69 bits per heavy atom. The van der Waals surface area contributed by atoms with E-state index in [0.717, 1.165) is 40.9 Å². The lowest BCUT2D eigenvalue weighted by Gasteiger charge is -2.31. The number of sulfonamides is 1. The van der Waals surface area contributed by atoms with Gasteiger partial charge >= 0.3 is 0 Å². The van der Waals surface area contributed by atoms with Crippen molar-refractivity contribution in [2.24, 2.45) is 5.92 Å². The Balaban J connectivity index is 1.51. The van der Waals surface area contributed by atoms with E-state index in [9.17, 15) is 8.42 Å². The fraction of sp³-hybridized carbons (Fsp3) is 0.375. The van der Waals surface area contributed by atoms with Crippen LogP contribution in [0.3, 0.4) is 0 Å². The van der Waals surface area contributed by atoms with Crippen LogP contribution < -0.4 is 11.1 Å². The van der Waals surface area contributed by atoms with Crippen molar-refractivity contribution < 1.29 is 8.42 Å². The van der Waals surface area contributed by atoms with Crippen LogP contribution >= 0.6 is 0 Å². The van der Waals surface area contributed by atoms with Crippen molar-refractivity contribution in [3.63, 3.8) is 0 Å². The number of nitrogen functional groups attached to an aromatic ring is 1. The third-order valence-corrected chi connectivity index (χ3v) is 8.55. The number of nitrogens with one attached hydrogen (secondary N) is 2. The first kappa shape index (κ1) is 22.4. The molecule has 8 heteroatoms. The van der Waals surface area contributed by atoms with Crippen LogP contribution in [0.1, 0.15) is 37.8 Å². The van der Waals surface area contributed by atoms with E-state index < -0.39 is 10.0 Å². The predicted molar refractivity (Wildman–Crippen MR) is 132 cm³/mol. The Hall–Kier alpha value is -2.84. The minimum absolute atomic E-state index is 0.320. The zero-order valence-electron chi connectivity index (χ0n) is 18.8. The molecule has 1 fully saturated rings. The first-order chi connectivity index (χ1) is 15.3. The van der Waals surface area contributed by atoms with Crippen LogP contribution in [0.2, 0.25) is 0 Å². The first-order valence-corrected chi connectivity index (χ1v) is 12.5. The molecular formula is C24H31N5O2S. The molecule has 3 aromatic rings. The maximum absolute atomic E-state index is 12.4. The lowest BCUT2D eigenvalue weighted by Crippen LogP contribution is -2.41. The smallest absolute Gasteiger partial charge is 0.216 e. The van der Waals surface area contributed by atoms with Crippen LogP contribution in [0.25, 0.3) is 17.0 Å². The highest BCUT2D eigenvalue weighted by Gasteiger charge is 2.29. The summed E-state index contributed by atoms with van der Waals surface area (Å²) in [5, 5.41) is 4.29. The molecule has 0 unspecified atom stereocenters. The highest BCUT2D eigenvalue weighted by molar-refractivity contribution is 7.89. The Labute approximate surface area is 189 Å². The van der Waals surface area contributed by atoms with Gasteiger partial charge in [0.25, 0.3) is 0 Å². The third kappa shape index (κ3) is 4.38. The number of hydrogen-bond acceptors (Lipinski definition) is 5. The number of nitrogens with zero attached hydrogens (tertiary/aromatic N) is 2. The van der Waals surface area contributed by atoms with Gasteiger partial charge in [0.1, 0.15) is 0 Å². The lowest BCUT2D eigenvalue weighted by atomic mass is 9.97. The number of aryl methyl sites for hydroxylation is 1. The Bertz CT molecular complexity index is 1240. The number of fused-ring (bicyclic) bond motifs is 1. The molecule has 0 spiro atoms. The second-order valence-electron chi connectivity index (χ2n) is 8.68. The standard InChI is InChI=1S/C24H31N5O2S/c1-16(2)32(30,31)29-12-9-18(10-13-29)4-5-19-14-26-15-21(25)24(19)28-22-6-7-23-20(17(22)3)8-11-27-23/h4-8,11,14-16,18,27H,9-10,12-13,25H2,1-3H3,(H,26,28)/b5-4+. The number of rotatable bonds is 6. The molecular weight excluding hydrogens is 422 g/mol. The molecule has 0 aliphatic carbocycles. The third-order valence-electron chi connectivity index (χ3n) is 6.27. The summed E-state index contributed by atoms with van der Waals surface area (Å²) >= 11 is 0. The van der Waals surface area contributed by atoms with Gasteiger partial charge in [-0.05, 0) is 63.3 Å². The summed E-state index contributed by atoms with van der Waals surface area (Å²) in [6.07, 6.45) is 11.2. The number of hydrogen-bond donors (Lipinski definition) is 3. The summed E-state index contributed by atoms with van der Waals surface area (Å²) in [5.41, 5.74) is 11.8. The van der Waals surface area contributed by atoms with Crippen molar-refractivity contribution in [3.8, 4) is 0 Å². The molecule has 0 amide bonds. The van der Waals surface area contributed by atoms with Crippen LogP contribution in [0.4, 0.5) is 17.1 Å². The molecule has 4 rings (SSSR count). The number of piperidine rings is 1. The van der Waals surface area contributed by atoms with Crippen molar-refractivity contribution in [3.05, 3.63) is 54.0 Å². The van der Waals surface area contributed by atoms with Gasteiger partial charge in [0, 0.05) is 47.6 Å². The van der Waals surface area contributed by atoms with Gasteiger partial charge in [-0.3, -0.25) is 4.98 Å². The molecule has 1 saturated heterocycles. The van der Waals surface area contributed by atoms with Crippen LogP contribution in [-0.4, -0.2) is 41.0 Å². The monoisotopic (exact) mass is 453 g/mol. The molecule has 0 bridgehead atoms. The number of pyridine rings is 1. The fourth-order valence-corrected chi connectivity index (χ4v) is 5.50. The summed E-state index contributed by atoms with van der Waals surface area (Å²) in [5.74, 6) is 0.320. The number of benzene rings is 1. The van der Waals surface area contributed by atoms with Crippen LogP contribution in [0.5, 0.6) is 0 Å². The Morgan fingerprint density at radius 2 is 1.97 bits per heavy atom. The predicted octanol–water partition coefficient (Wildman–Crippen LogP) is 4.66. The van der Waals surface area contributed by atoms with Crippen molar-refractivity contribution in [2.45, 2.75) is 38.9 Å². The molecule has 0 atom stereocenters. The maximum Gasteiger partial charge on any atom is 0.216 e. The molecule has 1 aromatic carbocycles. The zero-order valence-corrected chi connectivity index (χ0v) is 19.6. The van der Waals surface area contributed by atoms with Gasteiger partial charge in [0.05, 0.1) is 22.8 Å². The largest absolute Gasteiger partial charge is 0.396 e. The van der Waals surface area contributed by atoms with Gasteiger partial charge in [0.2, 0.25) is 10.0 Å². The SMILES string of the molecule is Cc1c(Nc2c(N)cncc2/C=C/C2CCN(S(=O)(=O)C(C)C)CC2)ccc2[nH]ccc12. The van der Waals surface area contributed by atoms with Gasteiger partial charge in [-0.1, -0.05) is 12.2 Å². The molecule has 2 aromatic heterocycles. The van der Waals surface area contributed by atoms with Crippen LogP contribution in [-0.2, 0) is 10.0 Å².